The van der Waals surface area contributed by atoms with Crippen LogP contribution >= 0.6 is 0 Å². The molecule has 6 heteroatoms. The van der Waals surface area contributed by atoms with Crippen molar-refractivity contribution in [1.82, 2.24) is 20.4 Å². The number of guanidine groups is 1. The van der Waals surface area contributed by atoms with Gasteiger partial charge in [0.25, 0.3) is 0 Å². The number of hydrogen-bond acceptors (Lipinski definition) is 4. The van der Waals surface area contributed by atoms with E-state index in [0.717, 1.165) is 58.4 Å². The lowest BCUT2D eigenvalue weighted by Crippen LogP contribution is -2.47. The van der Waals surface area contributed by atoms with Crippen LogP contribution in [-0.2, 0) is 4.74 Å². The lowest BCUT2D eigenvalue weighted by Gasteiger charge is -2.34. The fraction of sp³-hybridized carbons (Fsp3) is 0.950. The van der Waals surface area contributed by atoms with Gasteiger partial charge in [0.1, 0.15) is 0 Å². The lowest BCUT2D eigenvalue weighted by atomic mass is 10.0. The van der Waals surface area contributed by atoms with Crippen molar-refractivity contribution in [2.75, 3.05) is 59.0 Å². The van der Waals surface area contributed by atoms with Gasteiger partial charge in [0.15, 0.2) is 5.96 Å². The number of nitrogens with one attached hydrogen (secondary N) is 2. The molecule has 2 rings (SSSR count). The Morgan fingerprint density at radius 3 is 2.58 bits per heavy atom. The van der Waals surface area contributed by atoms with Gasteiger partial charge in [0.2, 0.25) is 0 Å². The smallest absolute Gasteiger partial charge is 0.191 e. The van der Waals surface area contributed by atoms with E-state index in [0.29, 0.717) is 18.0 Å². The Hall–Kier alpha value is -0.850. The average molecular weight is 368 g/mol. The fourth-order valence-corrected chi connectivity index (χ4v) is 4.12. The Morgan fingerprint density at radius 1 is 1.15 bits per heavy atom. The summed E-state index contributed by atoms with van der Waals surface area (Å²) in [6, 6.07) is 1.16. The molecule has 0 bridgehead atoms. The molecule has 2 unspecified atom stereocenters. The molecule has 2 aliphatic heterocycles. The molecule has 2 heterocycles. The van der Waals surface area contributed by atoms with Gasteiger partial charge in [-0.15, -0.1) is 0 Å². The van der Waals surface area contributed by atoms with Crippen LogP contribution in [0.4, 0.5) is 0 Å². The second-order valence-electron chi connectivity index (χ2n) is 7.96. The van der Waals surface area contributed by atoms with Gasteiger partial charge in [-0.3, -0.25) is 14.8 Å². The summed E-state index contributed by atoms with van der Waals surface area (Å²) >= 11 is 0. The van der Waals surface area contributed by atoms with E-state index in [-0.39, 0.29) is 0 Å². The zero-order valence-corrected chi connectivity index (χ0v) is 17.5. The molecule has 0 aromatic heterocycles. The van der Waals surface area contributed by atoms with Gasteiger partial charge in [0.05, 0.1) is 19.8 Å². The Balaban J connectivity index is 1.91. The van der Waals surface area contributed by atoms with E-state index in [9.17, 15) is 0 Å². The normalized spacial score (nSPS) is 24.2. The van der Waals surface area contributed by atoms with Crippen molar-refractivity contribution in [3.8, 4) is 0 Å². The van der Waals surface area contributed by atoms with Gasteiger partial charge in [-0.25, -0.2) is 0 Å². The molecule has 26 heavy (non-hydrogen) atoms. The van der Waals surface area contributed by atoms with Crippen molar-refractivity contribution >= 4 is 5.96 Å². The number of ether oxygens (including phenoxy) is 1. The molecule has 0 saturated carbocycles. The molecule has 2 fully saturated rings. The van der Waals surface area contributed by atoms with Gasteiger partial charge in [-0.05, 0) is 45.2 Å². The van der Waals surface area contributed by atoms with Gasteiger partial charge in [0, 0.05) is 38.3 Å². The van der Waals surface area contributed by atoms with Crippen molar-refractivity contribution in [2.24, 2.45) is 10.9 Å². The standard InChI is InChI=1S/C20H41N5O/c1-5-21-20(22-15-18-8-7-9-24(18)6-2)23-16-19(14-17(3)4)25-10-12-26-13-11-25/h17-19H,5-16H2,1-4H3,(H2,21,22,23). The monoisotopic (exact) mass is 367 g/mol. The maximum absolute atomic E-state index is 5.53. The van der Waals surface area contributed by atoms with E-state index in [2.05, 4.69) is 48.1 Å². The molecule has 2 saturated heterocycles. The predicted molar refractivity (Wildman–Crippen MR) is 110 cm³/mol. The molecule has 6 nitrogen and oxygen atoms in total. The van der Waals surface area contributed by atoms with Crippen LogP contribution < -0.4 is 10.6 Å². The van der Waals surface area contributed by atoms with E-state index in [1.807, 2.05) is 0 Å². The van der Waals surface area contributed by atoms with Crippen LogP contribution in [0.2, 0.25) is 0 Å². The number of morpholine rings is 1. The minimum atomic E-state index is 0.507. The molecular formula is C20H41N5O. The molecular weight excluding hydrogens is 326 g/mol. The number of hydrogen-bond donors (Lipinski definition) is 2. The third kappa shape index (κ3) is 7.05. The second kappa shape index (κ2) is 11.8. The summed E-state index contributed by atoms with van der Waals surface area (Å²) in [5.74, 6) is 1.66. The summed E-state index contributed by atoms with van der Waals surface area (Å²) in [4.78, 5) is 10.1. The van der Waals surface area contributed by atoms with Crippen molar-refractivity contribution < 1.29 is 4.74 Å². The number of likely N-dealkylation sites (tertiary alicyclic amines) is 1. The van der Waals surface area contributed by atoms with Crippen molar-refractivity contribution in [1.29, 1.82) is 0 Å². The first-order valence-corrected chi connectivity index (χ1v) is 10.7. The van der Waals surface area contributed by atoms with Crippen LogP contribution in [0.1, 0.15) is 47.0 Å². The third-order valence-electron chi connectivity index (χ3n) is 5.52. The molecule has 0 radical (unpaired) electrons. The highest BCUT2D eigenvalue weighted by atomic mass is 16.5. The number of likely N-dealkylation sites (N-methyl/N-ethyl adjacent to an activating group) is 1. The topological polar surface area (TPSA) is 52.1 Å². The first-order chi connectivity index (χ1) is 12.6. The zero-order valence-electron chi connectivity index (χ0n) is 17.5. The van der Waals surface area contributed by atoms with Crippen molar-refractivity contribution in [3.63, 3.8) is 0 Å². The Kier molecular flexibility index (Phi) is 9.72. The highest BCUT2D eigenvalue weighted by Gasteiger charge is 2.24. The number of aliphatic imine (C=N–C) groups is 1. The predicted octanol–water partition coefficient (Wildman–Crippen LogP) is 1.77. The molecule has 2 atom stereocenters. The van der Waals surface area contributed by atoms with E-state index in [1.54, 1.807) is 0 Å². The summed E-state index contributed by atoms with van der Waals surface area (Å²) < 4.78 is 5.53. The molecule has 0 aliphatic carbocycles. The first kappa shape index (κ1) is 21.5. The van der Waals surface area contributed by atoms with Gasteiger partial charge in [-0.2, -0.15) is 0 Å². The van der Waals surface area contributed by atoms with Gasteiger partial charge in [-0.1, -0.05) is 20.8 Å². The molecule has 0 aromatic carbocycles. The summed E-state index contributed by atoms with van der Waals surface area (Å²) in [7, 11) is 0. The minimum Gasteiger partial charge on any atom is -0.379 e. The van der Waals surface area contributed by atoms with E-state index >= 15 is 0 Å². The van der Waals surface area contributed by atoms with E-state index in [4.69, 9.17) is 9.73 Å². The van der Waals surface area contributed by atoms with Crippen LogP contribution in [0.15, 0.2) is 4.99 Å². The van der Waals surface area contributed by atoms with Gasteiger partial charge < -0.3 is 15.4 Å². The summed E-state index contributed by atoms with van der Waals surface area (Å²) in [5.41, 5.74) is 0. The SMILES string of the molecule is CCNC(=NCC(CC(C)C)N1CCOCC1)NCC1CCCN1CC. The second-order valence-corrected chi connectivity index (χ2v) is 7.96. The summed E-state index contributed by atoms with van der Waals surface area (Å²) in [6.07, 6.45) is 3.81. The van der Waals surface area contributed by atoms with Crippen LogP contribution in [0.5, 0.6) is 0 Å². The molecule has 2 aliphatic rings. The first-order valence-electron chi connectivity index (χ1n) is 10.7. The molecule has 0 amide bonds. The maximum Gasteiger partial charge on any atom is 0.191 e. The third-order valence-corrected chi connectivity index (χ3v) is 5.52. The maximum atomic E-state index is 5.53. The molecule has 0 spiro atoms. The molecule has 0 aromatic rings. The Morgan fingerprint density at radius 2 is 1.92 bits per heavy atom. The summed E-state index contributed by atoms with van der Waals surface area (Å²) in [5, 5.41) is 7.02. The average Bonchev–Trinajstić information content (AvgIpc) is 3.11. The number of rotatable bonds is 9. The van der Waals surface area contributed by atoms with Crippen molar-refractivity contribution in [2.45, 2.75) is 59.0 Å². The Bertz CT molecular complexity index is 409. The fourth-order valence-electron chi connectivity index (χ4n) is 4.12. The minimum absolute atomic E-state index is 0.507. The molecule has 152 valence electrons. The zero-order chi connectivity index (χ0) is 18.8. The highest BCUT2D eigenvalue weighted by Crippen LogP contribution is 2.16. The van der Waals surface area contributed by atoms with Crippen LogP contribution in [0, 0.1) is 5.92 Å². The largest absolute Gasteiger partial charge is 0.379 e. The van der Waals surface area contributed by atoms with Crippen molar-refractivity contribution in [3.05, 3.63) is 0 Å². The summed E-state index contributed by atoms with van der Waals surface area (Å²) in [6.45, 7) is 17.9. The highest BCUT2D eigenvalue weighted by molar-refractivity contribution is 5.79. The Labute approximate surface area is 160 Å². The van der Waals surface area contributed by atoms with Crippen LogP contribution in [0.3, 0.4) is 0 Å². The quantitative estimate of drug-likeness (QED) is 0.481. The van der Waals surface area contributed by atoms with Gasteiger partial charge >= 0.3 is 0 Å². The van der Waals surface area contributed by atoms with E-state index < -0.39 is 0 Å². The lowest BCUT2D eigenvalue weighted by molar-refractivity contribution is 0.0143. The van der Waals surface area contributed by atoms with E-state index in [1.165, 1.54) is 25.8 Å². The van der Waals surface area contributed by atoms with Crippen LogP contribution in [-0.4, -0.2) is 86.9 Å². The molecule has 2 N–H and O–H groups in total. The number of nitrogens with zero attached hydrogens (tertiary/aromatic N) is 3. The van der Waals surface area contributed by atoms with Crippen LogP contribution in [0.25, 0.3) is 0 Å².